The fraction of sp³-hybridized carbons (Fsp3) is 0.235. The third-order valence-corrected chi connectivity index (χ3v) is 4.87. The molecule has 0 fully saturated rings. The molecule has 0 unspecified atom stereocenters. The van der Waals surface area contributed by atoms with E-state index in [1.165, 1.54) is 12.1 Å². The first-order valence-corrected chi connectivity index (χ1v) is 9.11. The fourth-order valence-corrected chi connectivity index (χ4v) is 3.15. The van der Waals surface area contributed by atoms with Gasteiger partial charge in [-0.2, -0.15) is 0 Å². The number of hydrogen-bond donors (Lipinski definition) is 2. The molecule has 2 rings (SSSR count). The Balaban J connectivity index is 1.72. The molecule has 0 aliphatic heterocycles. The van der Waals surface area contributed by atoms with Crippen molar-refractivity contribution in [2.45, 2.75) is 17.7 Å². The van der Waals surface area contributed by atoms with E-state index < -0.39 is 15.8 Å². The van der Waals surface area contributed by atoms with Crippen molar-refractivity contribution in [2.75, 3.05) is 13.1 Å². The highest BCUT2D eigenvalue weighted by Crippen LogP contribution is 2.09. The summed E-state index contributed by atoms with van der Waals surface area (Å²) in [5, 5.41) is 2.64. The van der Waals surface area contributed by atoms with E-state index in [0.717, 1.165) is 29.8 Å². The highest BCUT2D eigenvalue weighted by molar-refractivity contribution is 7.89. The summed E-state index contributed by atoms with van der Waals surface area (Å²) in [5.74, 6) is -1.19. The van der Waals surface area contributed by atoms with Crippen LogP contribution in [-0.2, 0) is 21.2 Å². The van der Waals surface area contributed by atoms with Crippen molar-refractivity contribution in [3.05, 3.63) is 65.7 Å². The van der Waals surface area contributed by atoms with Crippen molar-refractivity contribution in [3.8, 4) is 0 Å². The normalized spacial score (nSPS) is 11.3. The predicted molar refractivity (Wildman–Crippen MR) is 89.3 cm³/mol. The Bertz CT molecular complexity index is 824. The van der Waals surface area contributed by atoms with Gasteiger partial charge in [0.2, 0.25) is 15.9 Å². The quantitative estimate of drug-likeness (QED) is 0.748. The van der Waals surface area contributed by atoms with E-state index in [-0.39, 0.29) is 29.6 Å². The van der Waals surface area contributed by atoms with Crippen LogP contribution in [0.25, 0.3) is 0 Å². The van der Waals surface area contributed by atoms with E-state index >= 15 is 0 Å². The van der Waals surface area contributed by atoms with Crippen LogP contribution in [-0.4, -0.2) is 27.4 Å². The van der Waals surface area contributed by atoms with E-state index in [1.54, 1.807) is 12.1 Å². The molecule has 2 aromatic carbocycles. The molecule has 0 aromatic heterocycles. The van der Waals surface area contributed by atoms with Gasteiger partial charge in [-0.15, -0.1) is 0 Å². The van der Waals surface area contributed by atoms with Crippen molar-refractivity contribution in [2.24, 2.45) is 0 Å². The van der Waals surface area contributed by atoms with Crippen LogP contribution in [0.1, 0.15) is 12.0 Å². The van der Waals surface area contributed by atoms with Crippen LogP contribution in [0.15, 0.2) is 53.4 Å². The first kappa shape index (κ1) is 19.0. The molecule has 0 radical (unpaired) electrons. The minimum atomic E-state index is -3.78. The zero-order valence-electron chi connectivity index (χ0n) is 13.3. The zero-order valence-corrected chi connectivity index (χ0v) is 14.2. The highest BCUT2D eigenvalue weighted by Gasteiger charge is 2.14. The minimum Gasteiger partial charge on any atom is -0.356 e. The first-order valence-electron chi connectivity index (χ1n) is 7.63. The maximum Gasteiger partial charge on any atom is 0.240 e. The molecule has 0 aliphatic carbocycles. The molecule has 134 valence electrons. The Morgan fingerprint density at radius 1 is 0.960 bits per heavy atom. The number of rotatable bonds is 8. The van der Waals surface area contributed by atoms with Crippen LogP contribution in [0.4, 0.5) is 8.78 Å². The van der Waals surface area contributed by atoms with E-state index in [2.05, 4.69) is 10.0 Å². The molecule has 5 nitrogen and oxygen atoms in total. The van der Waals surface area contributed by atoms with Gasteiger partial charge in [-0.25, -0.2) is 21.9 Å². The van der Waals surface area contributed by atoms with Gasteiger partial charge in [0, 0.05) is 19.5 Å². The van der Waals surface area contributed by atoms with Gasteiger partial charge in [-0.05, 0) is 48.4 Å². The molecule has 1 amide bonds. The second-order valence-electron chi connectivity index (χ2n) is 5.33. The number of benzene rings is 2. The number of sulfonamides is 1. The van der Waals surface area contributed by atoms with Crippen LogP contribution in [0.5, 0.6) is 0 Å². The van der Waals surface area contributed by atoms with E-state index in [9.17, 15) is 22.0 Å². The van der Waals surface area contributed by atoms with Gasteiger partial charge in [-0.3, -0.25) is 4.79 Å². The van der Waals surface area contributed by atoms with Gasteiger partial charge >= 0.3 is 0 Å². The van der Waals surface area contributed by atoms with Crippen LogP contribution < -0.4 is 10.0 Å². The number of halogens is 2. The van der Waals surface area contributed by atoms with E-state index in [0.29, 0.717) is 13.0 Å². The smallest absolute Gasteiger partial charge is 0.240 e. The largest absolute Gasteiger partial charge is 0.356 e. The summed E-state index contributed by atoms with van der Waals surface area (Å²) in [4.78, 5) is 11.6. The molecule has 0 heterocycles. The summed E-state index contributed by atoms with van der Waals surface area (Å²) in [5.41, 5.74) is 0.761. The average molecular weight is 368 g/mol. The van der Waals surface area contributed by atoms with Crippen LogP contribution >= 0.6 is 0 Å². The van der Waals surface area contributed by atoms with Gasteiger partial charge in [0.25, 0.3) is 0 Å². The molecule has 2 aromatic rings. The Morgan fingerprint density at radius 3 is 2.36 bits per heavy atom. The summed E-state index contributed by atoms with van der Waals surface area (Å²) < 4.78 is 52.0. The Morgan fingerprint density at radius 2 is 1.68 bits per heavy atom. The lowest BCUT2D eigenvalue weighted by molar-refractivity contribution is -0.120. The Kier molecular flexibility index (Phi) is 6.60. The molecule has 0 aliphatic rings. The van der Waals surface area contributed by atoms with Gasteiger partial charge in [0.15, 0.2) is 0 Å². The van der Waals surface area contributed by atoms with Gasteiger partial charge in [0.05, 0.1) is 4.90 Å². The maximum absolute atomic E-state index is 13.0. The zero-order chi connectivity index (χ0) is 18.3. The highest BCUT2D eigenvalue weighted by atomic mass is 32.2. The second kappa shape index (κ2) is 8.68. The second-order valence-corrected chi connectivity index (χ2v) is 7.10. The summed E-state index contributed by atoms with van der Waals surface area (Å²) in [6, 6.07) is 10.5. The first-order chi connectivity index (χ1) is 11.9. The van der Waals surface area contributed by atoms with Crippen LogP contribution in [0, 0.1) is 11.6 Å². The summed E-state index contributed by atoms with van der Waals surface area (Å²) in [6.45, 7) is 0.249. The molecular formula is C17H18F2N2O3S. The topological polar surface area (TPSA) is 75.3 Å². The molecule has 8 heteroatoms. The lowest BCUT2D eigenvalue weighted by Gasteiger charge is -2.08. The number of amides is 1. The SMILES string of the molecule is O=C(CCNS(=O)(=O)c1ccc(F)cc1)NCCc1cccc(F)c1. The third kappa shape index (κ3) is 6.24. The molecule has 0 saturated heterocycles. The predicted octanol–water partition coefficient (Wildman–Crippen LogP) is 1.99. The van der Waals surface area contributed by atoms with Gasteiger partial charge in [0.1, 0.15) is 11.6 Å². The lowest BCUT2D eigenvalue weighted by Crippen LogP contribution is -2.31. The van der Waals surface area contributed by atoms with Gasteiger partial charge < -0.3 is 5.32 Å². The van der Waals surface area contributed by atoms with Crippen molar-refractivity contribution < 1.29 is 22.0 Å². The molecule has 2 N–H and O–H groups in total. The fourth-order valence-electron chi connectivity index (χ4n) is 2.12. The number of carbonyl (C=O) groups is 1. The summed E-state index contributed by atoms with van der Waals surface area (Å²) >= 11 is 0. The van der Waals surface area contributed by atoms with Crippen molar-refractivity contribution in [3.63, 3.8) is 0 Å². The van der Waals surface area contributed by atoms with Crippen LogP contribution in [0.3, 0.4) is 0 Å². The standard InChI is InChI=1S/C17H18F2N2O3S/c18-14-4-6-16(7-5-14)25(23,24)21-11-9-17(22)20-10-8-13-2-1-3-15(19)12-13/h1-7,12,21H,8-11H2,(H,20,22). The molecular weight excluding hydrogens is 350 g/mol. The lowest BCUT2D eigenvalue weighted by atomic mass is 10.1. The minimum absolute atomic E-state index is 0.0381. The molecule has 0 bridgehead atoms. The number of nitrogens with one attached hydrogen (secondary N) is 2. The molecule has 0 spiro atoms. The average Bonchev–Trinajstić information content (AvgIpc) is 2.55. The maximum atomic E-state index is 13.0. The summed E-state index contributed by atoms with van der Waals surface area (Å²) in [7, 11) is -3.78. The van der Waals surface area contributed by atoms with Crippen molar-refractivity contribution in [1.82, 2.24) is 10.0 Å². The number of hydrogen-bond acceptors (Lipinski definition) is 3. The van der Waals surface area contributed by atoms with Crippen LogP contribution in [0.2, 0.25) is 0 Å². The molecule has 0 atom stereocenters. The summed E-state index contributed by atoms with van der Waals surface area (Å²) in [6.07, 6.45) is 0.439. The number of carbonyl (C=O) groups excluding carboxylic acids is 1. The molecule has 25 heavy (non-hydrogen) atoms. The van der Waals surface area contributed by atoms with Gasteiger partial charge in [-0.1, -0.05) is 12.1 Å². The van der Waals surface area contributed by atoms with Crippen molar-refractivity contribution in [1.29, 1.82) is 0 Å². The monoisotopic (exact) mass is 368 g/mol. The molecule has 0 saturated carbocycles. The van der Waals surface area contributed by atoms with Crippen molar-refractivity contribution >= 4 is 15.9 Å². The Labute approximate surface area is 145 Å². The Hall–Kier alpha value is -2.32. The van der Waals surface area contributed by atoms with E-state index in [4.69, 9.17) is 0 Å². The third-order valence-electron chi connectivity index (χ3n) is 3.39. The van der Waals surface area contributed by atoms with E-state index in [1.807, 2.05) is 0 Å².